The lowest BCUT2D eigenvalue weighted by Crippen LogP contribution is -2.08. The fourth-order valence-electron chi connectivity index (χ4n) is 1.87. The van der Waals surface area contributed by atoms with Crippen LogP contribution < -0.4 is 5.56 Å². The summed E-state index contributed by atoms with van der Waals surface area (Å²) in [4.78, 5) is 22.4. The lowest BCUT2D eigenvalue weighted by atomic mass is 10.0. The number of rotatable bonds is 1. The van der Waals surface area contributed by atoms with E-state index in [1.54, 1.807) is 18.6 Å². The van der Waals surface area contributed by atoms with Crippen LogP contribution in [0.5, 0.6) is 0 Å². The van der Waals surface area contributed by atoms with Crippen molar-refractivity contribution >= 4 is 10.8 Å². The highest BCUT2D eigenvalue weighted by Crippen LogP contribution is 2.24. The zero-order valence-corrected chi connectivity index (χ0v) is 8.92. The molecule has 1 aromatic carbocycles. The summed E-state index contributed by atoms with van der Waals surface area (Å²) in [5.74, 6) is 0. The summed E-state index contributed by atoms with van der Waals surface area (Å²) in [6.45, 7) is 0. The van der Waals surface area contributed by atoms with Gasteiger partial charge in [0, 0.05) is 29.5 Å². The van der Waals surface area contributed by atoms with Gasteiger partial charge >= 0.3 is 0 Å². The molecule has 4 nitrogen and oxygen atoms in total. The molecule has 2 heterocycles. The number of fused-ring (bicyclic) bond motifs is 1. The van der Waals surface area contributed by atoms with E-state index in [0.717, 1.165) is 16.3 Å². The Hall–Kier alpha value is -2.49. The number of benzene rings is 1. The van der Waals surface area contributed by atoms with Crippen molar-refractivity contribution in [3.63, 3.8) is 0 Å². The first-order valence-electron chi connectivity index (χ1n) is 5.22. The van der Waals surface area contributed by atoms with Gasteiger partial charge in [0.25, 0.3) is 5.56 Å². The number of nitrogens with one attached hydrogen (secondary N) is 1. The van der Waals surface area contributed by atoms with Crippen molar-refractivity contribution in [2.45, 2.75) is 0 Å². The number of pyridine rings is 1. The molecule has 0 amide bonds. The number of aromatic nitrogens is 3. The average Bonchev–Trinajstić information content (AvgIpc) is 2.39. The van der Waals surface area contributed by atoms with Crippen molar-refractivity contribution in [2.75, 3.05) is 0 Å². The first-order chi connectivity index (χ1) is 8.36. The Labute approximate surface area is 97.0 Å². The van der Waals surface area contributed by atoms with E-state index in [0.29, 0.717) is 5.56 Å². The third-order valence-corrected chi connectivity index (χ3v) is 2.68. The predicted molar refractivity (Wildman–Crippen MR) is 65.6 cm³/mol. The molecule has 0 atom stereocenters. The van der Waals surface area contributed by atoms with E-state index in [4.69, 9.17) is 0 Å². The Morgan fingerprint density at radius 2 is 1.76 bits per heavy atom. The summed E-state index contributed by atoms with van der Waals surface area (Å²) in [5.41, 5.74) is 1.19. The molecule has 4 heteroatoms. The van der Waals surface area contributed by atoms with Crippen LogP contribution in [0.15, 0.2) is 54.0 Å². The summed E-state index contributed by atoms with van der Waals surface area (Å²) in [6.07, 6.45) is 6.41. The molecule has 0 aliphatic heterocycles. The maximum atomic E-state index is 11.7. The van der Waals surface area contributed by atoms with E-state index < -0.39 is 0 Å². The number of aromatic amines is 1. The standard InChI is InChI=1S/C13H9N3O/c17-13-12(7-15-8-16-13)11-6-14-5-9-3-1-2-4-10(9)11/h1-8H,(H,15,16,17). The molecular weight excluding hydrogens is 214 g/mol. The summed E-state index contributed by atoms with van der Waals surface area (Å²) in [6, 6.07) is 7.83. The normalized spacial score (nSPS) is 10.6. The van der Waals surface area contributed by atoms with Crippen molar-refractivity contribution in [1.82, 2.24) is 15.0 Å². The van der Waals surface area contributed by atoms with Gasteiger partial charge in [-0.25, -0.2) is 4.98 Å². The number of hydrogen-bond acceptors (Lipinski definition) is 3. The maximum absolute atomic E-state index is 11.7. The van der Waals surface area contributed by atoms with Crippen LogP contribution in [-0.2, 0) is 0 Å². The minimum Gasteiger partial charge on any atom is -0.313 e. The Morgan fingerprint density at radius 1 is 0.941 bits per heavy atom. The summed E-state index contributed by atoms with van der Waals surface area (Å²) in [5, 5.41) is 2.01. The number of nitrogens with zero attached hydrogens (tertiary/aromatic N) is 2. The Balaban J connectivity index is 2.39. The van der Waals surface area contributed by atoms with Crippen LogP contribution in [0, 0.1) is 0 Å². The molecule has 0 fully saturated rings. The molecule has 0 aliphatic carbocycles. The fraction of sp³-hybridized carbons (Fsp3) is 0. The second-order valence-corrected chi connectivity index (χ2v) is 3.70. The molecular formula is C13H9N3O. The molecule has 0 spiro atoms. The average molecular weight is 223 g/mol. The molecule has 1 N–H and O–H groups in total. The van der Waals surface area contributed by atoms with Gasteiger partial charge in [-0.2, -0.15) is 0 Å². The van der Waals surface area contributed by atoms with Crippen molar-refractivity contribution < 1.29 is 0 Å². The summed E-state index contributed by atoms with van der Waals surface area (Å²) >= 11 is 0. The van der Waals surface area contributed by atoms with Gasteiger partial charge in [0.15, 0.2) is 0 Å². The van der Waals surface area contributed by atoms with Gasteiger partial charge in [-0.3, -0.25) is 9.78 Å². The zero-order chi connectivity index (χ0) is 11.7. The van der Waals surface area contributed by atoms with E-state index in [1.807, 2.05) is 24.3 Å². The second kappa shape index (κ2) is 3.83. The molecule has 0 bridgehead atoms. The largest absolute Gasteiger partial charge is 0.313 e. The van der Waals surface area contributed by atoms with Crippen LogP contribution in [0.3, 0.4) is 0 Å². The molecule has 0 saturated heterocycles. The van der Waals surface area contributed by atoms with Gasteiger partial charge < -0.3 is 4.98 Å². The third-order valence-electron chi connectivity index (χ3n) is 2.68. The molecule has 0 unspecified atom stereocenters. The minimum absolute atomic E-state index is 0.154. The number of hydrogen-bond donors (Lipinski definition) is 1. The second-order valence-electron chi connectivity index (χ2n) is 3.70. The van der Waals surface area contributed by atoms with Crippen LogP contribution in [0.1, 0.15) is 0 Å². The summed E-state index contributed by atoms with van der Waals surface area (Å²) < 4.78 is 0. The highest BCUT2D eigenvalue weighted by atomic mass is 16.1. The lowest BCUT2D eigenvalue weighted by Gasteiger charge is -2.04. The van der Waals surface area contributed by atoms with Crippen LogP contribution >= 0.6 is 0 Å². The lowest BCUT2D eigenvalue weighted by molar-refractivity contribution is 1.12. The van der Waals surface area contributed by atoms with Gasteiger partial charge in [-0.15, -0.1) is 0 Å². The molecule has 0 aliphatic rings. The smallest absolute Gasteiger partial charge is 0.258 e. The first kappa shape index (κ1) is 9.72. The topological polar surface area (TPSA) is 58.6 Å². The van der Waals surface area contributed by atoms with Crippen molar-refractivity contribution in [3.05, 3.63) is 59.5 Å². The molecule has 0 radical (unpaired) electrons. The Bertz CT molecular complexity index is 728. The molecule has 3 aromatic rings. The van der Waals surface area contributed by atoms with Crippen LogP contribution in [0.4, 0.5) is 0 Å². The Morgan fingerprint density at radius 3 is 2.65 bits per heavy atom. The van der Waals surface area contributed by atoms with Crippen LogP contribution in [-0.4, -0.2) is 15.0 Å². The molecule has 2 aromatic heterocycles. The van der Waals surface area contributed by atoms with E-state index in [-0.39, 0.29) is 5.56 Å². The summed E-state index contributed by atoms with van der Waals surface area (Å²) in [7, 11) is 0. The van der Waals surface area contributed by atoms with Gasteiger partial charge in [0.1, 0.15) is 0 Å². The quantitative estimate of drug-likeness (QED) is 0.686. The van der Waals surface area contributed by atoms with E-state index >= 15 is 0 Å². The van der Waals surface area contributed by atoms with Crippen molar-refractivity contribution in [3.8, 4) is 11.1 Å². The predicted octanol–water partition coefficient (Wildman–Crippen LogP) is 1.99. The number of H-pyrrole nitrogens is 1. The zero-order valence-electron chi connectivity index (χ0n) is 8.92. The Kier molecular flexibility index (Phi) is 2.19. The molecule has 3 rings (SSSR count). The highest BCUT2D eigenvalue weighted by Gasteiger charge is 2.07. The van der Waals surface area contributed by atoms with Crippen molar-refractivity contribution in [2.24, 2.45) is 0 Å². The minimum atomic E-state index is -0.154. The van der Waals surface area contributed by atoms with E-state index in [1.165, 1.54) is 6.33 Å². The van der Waals surface area contributed by atoms with Gasteiger partial charge in [-0.05, 0) is 5.39 Å². The van der Waals surface area contributed by atoms with Gasteiger partial charge in [0.2, 0.25) is 0 Å². The van der Waals surface area contributed by atoms with Crippen LogP contribution in [0.25, 0.3) is 21.9 Å². The van der Waals surface area contributed by atoms with E-state index in [2.05, 4.69) is 15.0 Å². The van der Waals surface area contributed by atoms with Crippen LogP contribution in [0.2, 0.25) is 0 Å². The van der Waals surface area contributed by atoms with E-state index in [9.17, 15) is 4.79 Å². The van der Waals surface area contributed by atoms with Gasteiger partial charge in [0.05, 0.1) is 11.9 Å². The highest BCUT2D eigenvalue weighted by molar-refractivity contribution is 5.95. The first-order valence-corrected chi connectivity index (χ1v) is 5.22. The fourth-order valence-corrected chi connectivity index (χ4v) is 1.87. The SMILES string of the molecule is O=c1[nH]cncc1-c1cncc2ccccc12. The molecule has 82 valence electrons. The molecule has 17 heavy (non-hydrogen) atoms. The molecule has 0 saturated carbocycles. The van der Waals surface area contributed by atoms with Crippen molar-refractivity contribution in [1.29, 1.82) is 0 Å². The maximum Gasteiger partial charge on any atom is 0.258 e. The monoisotopic (exact) mass is 223 g/mol. The van der Waals surface area contributed by atoms with Gasteiger partial charge in [-0.1, -0.05) is 24.3 Å². The third kappa shape index (κ3) is 1.59.